The van der Waals surface area contributed by atoms with Gasteiger partial charge in [0.25, 0.3) is 11.1 Å². The predicted octanol–water partition coefficient (Wildman–Crippen LogP) is 0.738. The summed E-state index contributed by atoms with van der Waals surface area (Å²) >= 11 is 0. The van der Waals surface area contributed by atoms with Crippen LogP contribution in [-0.2, 0) is 33.0 Å². The molecule has 0 N–H and O–H groups in total. The molecule has 0 atom stereocenters. The van der Waals surface area contributed by atoms with Gasteiger partial charge in [-0.2, -0.15) is 5.10 Å². The normalized spacial score (nSPS) is 18.2. The summed E-state index contributed by atoms with van der Waals surface area (Å²) in [7, 11) is 1.77. The molecule has 4 rings (SSSR count). The number of piperidine rings is 1. The molecule has 0 aromatic carbocycles. The van der Waals surface area contributed by atoms with Crippen molar-refractivity contribution in [3.8, 4) is 0 Å². The molecule has 1 fully saturated rings. The van der Waals surface area contributed by atoms with Gasteiger partial charge < -0.3 is 0 Å². The summed E-state index contributed by atoms with van der Waals surface area (Å²) in [5.74, 6) is 1.27. The molecule has 0 saturated carbocycles. The zero-order chi connectivity index (χ0) is 18.1. The SMILES string of the molecule is Cn1c(CN2CCC(Cn3nc4c(cc3=O)CCC4)CC2)nccc1=O. The van der Waals surface area contributed by atoms with Gasteiger partial charge in [-0.05, 0) is 56.7 Å². The average Bonchev–Trinajstić information content (AvgIpc) is 3.08. The molecule has 0 radical (unpaired) electrons. The molecule has 0 spiro atoms. The van der Waals surface area contributed by atoms with E-state index in [-0.39, 0.29) is 11.1 Å². The molecule has 0 unspecified atom stereocenters. The van der Waals surface area contributed by atoms with Crippen LogP contribution in [0.2, 0.25) is 0 Å². The van der Waals surface area contributed by atoms with E-state index in [1.807, 2.05) is 0 Å². The van der Waals surface area contributed by atoms with Crippen LogP contribution in [0.4, 0.5) is 0 Å². The van der Waals surface area contributed by atoms with Gasteiger partial charge in [0.2, 0.25) is 0 Å². The quantitative estimate of drug-likeness (QED) is 0.809. The van der Waals surface area contributed by atoms with Crippen LogP contribution < -0.4 is 11.1 Å². The van der Waals surface area contributed by atoms with Crippen LogP contribution in [0.25, 0.3) is 0 Å². The van der Waals surface area contributed by atoms with Crippen LogP contribution in [0.1, 0.15) is 36.3 Å². The van der Waals surface area contributed by atoms with Gasteiger partial charge in [0, 0.05) is 31.9 Å². The van der Waals surface area contributed by atoms with Crippen molar-refractivity contribution in [2.75, 3.05) is 13.1 Å². The fourth-order valence-corrected chi connectivity index (χ4v) is 4.00. The van der Waals surface area contributed by atoms with Crippen LogP contribution in [-0.4, -0.2) is 37.3 Å². The summed E-state index contributed by atoms with van der Waals surface area (Å²) in [4.78, 5) is 30.7. The highest BCUT2D eigenvalue weighted by Gasteiger charge is 2.22. The molecular weight excluding hydrogens is 330 g/mol. The van der Waals surface area contributed by atoms with Crippen molar-refractivity contribution in [3.05, 3.63) is 56.1 Å². The minimum absolute atomic E-state index is 0.0213. The van der Waals surface area contributed by atoms with Crippen LogP contribution in [0.5, 0.6) is 0 Å². The first-order valence-corrected chi connectivity index (χ1v) is 9.43. The van der Waals surface area contributed by atoms with Crippen LogP contribution in [0.15, 0.2) is 27.9 Å². The van der Waals surface area contributed by atoms with Gasteiger partial charge in [-0.1, -0.05) is 0 Å². The summed E-state index contributed by atoms with van der Waals surface area (Å²) in [6.07, 6.45) is 6.75. The van der Waals surface area contributed by atoms with Crippen molar-refractivity contribution >= 4 is 0 Å². The lowest BCUT2D eigenvalue weighted by atomic mass is 9.97. The van der Waals surface area contributed by atoms with E-state index < -0.39 is 0 Å². The first-order chi connectivity index (χ1) is 12.6. The number of aryl methyl sites for hydroxylation is 2. The van der Waals surface area contributed by atoms with E-state index in [1.165, 1.54) is 6.07 Å². The van der Waals surface area contributed by atoms with Gasteiger partial charge in [0.05, 0.1) is 12.2 Å². The molecule has 0 bridgehead atoms. The highest BCUT2D eigenvalue weighted by atomic mass is 16.1. The molecule has 138 valence electrons. The average molecular weight is 355 g/mol. The van der Waals surface area contributed by atoms with Crippen molar-refractivity contribution in [2.24, 2.45) is 13.0 Å². The Morgan fingerprint density at radius 2 is 1.96 bits per heavy atom. The number of hydrogen-bond donors (Lipinski definition) is 0. The lowest BCUT2D eigenvalue weighted by molar-refractivity contribution is 0.158. The molecule has 2 aromatic rings. The van der Waals surface area contributed by atoms with Crippen LogP contribution in [0.3, 0.4) is 0 Å². The Bertz CT molecular complexity index is 909. The Morgan fingerprint density at radius 3 is 2.77 bits per heavy atom. The zero-order valence-corrected chi connectivity index (χ0v) is 15.2. The molecule has 3 heterocycles. The van der Waals surface area contributed by atoms with Gasteiger partial charge in [0.15, 0.2) is 0 Å². The van der Waals surface area contributed by atoms with Gasteiger partial charge in [-0.15, -0.1) is 0 Å². The molecular formula is C19H25N5O2. The van der Waals surface area contributed by atoms with Crippen molar-refractivity contribution in [1.29, 1.82) is 0 Å². The van der Waals surface area contributed by atoms with Crippen molar-refractivity contribution < 1.29 is 0 Å². The van der Waals surface area contributed by atoms with Gasteiger partial charge >= 0.3 is 0 Å². The molecule has 1 aliphatic carbocycles. The molecule has 1 saturated heterocycles. The first-order valence-electron chi connectivity index (χ1n) is 9.43. The second-order valence-electron chi connectivity index (χ2n) is 7.47. The maximum absolute atomic E-state index is 12.3. The van der Waals surface area contributed by atoms with E-state index in [9.17, 15) is 9.59 Å². The number of likely N-dealkylation sites (tertiary alicyclic amines) is 1. The van der Waals surface area contributed by atoms with E-state index in [1.54, 1.807) is 28.6 Å². The van der Waals surface area contributed by atoms with Gasteiger partial charge in [-0.3, -0.25) is 19.1 Å². The van der Waals surface area contributed by atoms with Crippen molar-refractivity contribution in [2.45, 2.75) is 45.2 Å². The fraction of sp³-hybridized carbons (Fsp3) is 0.579. The highest BCUT2D eigenvalue weighted by Crippen LogP contribution is 2.21. The summed E-state index contributed by atoms with van der Waals surface area (Å²) in [6, 6.07) is 3.27. The maximum atomic E-state index is 12.3. The van der Waals surface area contributed by atoms with E-state index in [0.29, 0.717) is 19.0 Å². The zero-order valence-electron chi connectivity index (χ0n) is 15.2. The molecule has 2 aliphatic rings. The van der Waals surface area contributed by atoms with E-state index in [0.717, 1.165) is 62.3 Å². The van der Waals surface area contributed by atoms with Crippen LogP contribution >= 0.6 is 0 Å². The third-order valence-electron chi connectivity index (χ3n) is 5.69. The topological polar surface area (TPSA) is 73.0 Å². The minimum Gasteiger partial charge on any atom is -0.299 e. The number of rotatable bonds is 4. The fourth-order valence-electron chi connectivity index (χ4n) is 4.00. The third kappa shape index (κ3) is 3.49. The summed E-state index contributed by atoms with van der Waals surface area (Å²) in [5.41, 5.74) is 2.27. The second-order valence-corrected chi connectivity index (χ2v) is 7.47. The Labute approximate surface area is 152 Å². The molecule has 2 aromatic heterocycles. The van der Waals surface area contributed by atoms with E-state index >= 15 is 0 Å². The monoisotopic (exact) mass is 355 g/mol. The molecule has 7 heteroatoms. The number of hydrogen-bond acceptors (Lipinski definition) is 5. The smallest absolute Gasteiger partial charge is 0.267 e. The number of fused-ring (bicyclic) bond motifs is 1. The summed E-state index contributed by atoms with van der Waals surface area (Å²) in [6.45, 7) is 3.31. The Morgan fingerprint density at radius 1 is 1.15 bits per heavy atom. The summed E-state index contributed by atoms with van der Waals surface area (Å²) < 4.78 is 3.28. The lowest BCUT2D eigenvalue weighted by Gasteiger charge is -2.31. The van der Waals surface area contributed by atoms with Crippen molar-refractivity contribution in [1.82, 2.24) is 24.2 Å². The summed E-state index contributed by atoms with van der Waals surface area (Å²) in [5, 5.41) is 4.60. The standard InChI is InChI=1S/C19H25N5O2/c1-22-17(20-8-5-18(22)25)13-23-9-6-14(7-10-23)12-24-19(26)11-15-3-2-4-16(15)21-24/h5,8,11,14H,2-4,6-7,9-10,12-13H2,1H3. The molecule has 26 heavy (non-hydrogen) atoms. The molecule has 1 aliphatic heterocycles. The second kappa shape index (κ2) is 7.15. The van der Waals surface area contributed by atoms with E-state index in [4.69, 9.17) is 0 Å². The molecule has 7 nitrogen and oxygen atoms in total. The first kappa shape index (κ1) is 17.1. The Hall–Kier alpha value is -2.28. The molecule has 0 amide bonds. The number of nitrogens with zero attached hydrogens (tertiary/aromatic N) is 5. The number of aromatic nitrogens is 4. The van der Waals surface area contributed by atoms with Crippen LogP contribution in [0, 0.1) is 5.92 Å². The van der Waals surface area contributed by atoms with Crippen molar-refractivity contribution in [3.63, 3.8) is 0 Å². The Balaban J connectivity index is 1.36. The highest BCUT2D eigenvalue weighted by molar-refractivity contribution is 5.22. The predicted molar refractivity (Wildman–Crippen MR) is 98.0 cm³/mol. The minimum atomic E-state index is -0.0213. The largest absolute Gasteiger partial charge is 0.299 e. The Kier molecular flexibility index (Phi) is 4.72. The van der Waals surface area contributed by atoms with E-state index in [2.05, 4.69) is 15.0 Å². The maximum Gasteiger partial charge on any atom is 0.267 e. The van der Waals surface area contributed by atoms with Gasteiger partial charge in [0.1, 0.15) is 5.82 Å². The van der Waals surface area contributed by atoms with Gasteiger partial charge in [-0.25, -0.2) is 9.67 Å². The third-order valence-corrected chi connectivity index (χ3v) is 5.69. The lowest BCUT2D eigenvalue weighted by Crippen LogP contribution is -2.38.